The summed E-state index contributed by atoms with van der Waals surface area (Å²) in [6, 6.07) is -0.924. The first-order valence-electron chi connectivity index (χ1n) is 6.30. The number of hydrogen-bond donors (Lipinski definition) is 2. The van der Waals surface area contributed by atoms with Gasteiger partial charge >= 0.3 is 5.97 Å². The molecule has 0 aromatic rings. The zero-order valence-corrected chi connectivity index (χ0v) is 12.6. The van der Waals surface area contributed by atoms with Crippen LogP contribution in [0.1, 0.15) is 27.2 Å². The molecular formula is C12H18N2O5S. The summed E-state index contributed by atoms with van der Waals surface area (Å²) >= 11 is 1.33. The summed E-state index contributed by atoms with van der Waals surface area (Å²) in [7, 11) is 1.34. The molecule has 7 nitrogen and oxygen atoms in total. The lowest BCUT2D eigenvalue weighted by atomic mass is 9.93. The van der Waals surface area contributed by atoms with Gasteiger partial charge in [-0.3, -0.25) is 9.59 Å². The number of hydrogen-bond acceptors (Lipinski definition) is 5. The van der Waals surface area contributed by atoms with Crippen LogP contribution in [0, 0.1) is 0 Å². The van der Waals surface area contributed by atoms with Gasteiger partial charge in [0.1, 0.15) is 11.4 Å². The van der Waals surface area contributed by atoms with E-state index in [-0.39, 0.29) is 12.3 Å². The molecule has 20 heavy (non-hydrogen) atoms. The highest BCUT2D eigenvalue weighted by molar-refractivity contribution is 8.01. The third kappa shape index (κ3) is 1.81. The number of carboxylic acid groups (broad SMARTS) is 1. The largest absolute Gasteiger partial charge is 0.480 e. The second-order valence-corrected chi connectivity index (χ2v) is 7.10. The minimum absolute atomic E-state index is 0.224. The second-order valence-electron chi connectivity index (χ2n) is 5.37. The van der Waals surface area contributed by atoms with Gasteiger partial charge in [-0.2, -0.15) is 0 Å². The standard InChI is InChI=1S/C12H18N2O5S/c1-5-6(15)13-12(19-4)9(18)14-7(8(16)17)11(2,3)20-10(12)14/h7,10H,5H2,1-4H3,(H,13,15)(H,16,17)/t7-,10+,12-/m0/s1. The van der Waals surface area contributed by atoms with Gasteiger partial charge in [-0.25, -0.2) is 4.79 Å². The Morgan fingerprint density at radius 3 is 2.55 bits per heavy atom. The molecule has 2 N–H and O–H groups in total. The van der Waals surface area contributed by atoms with E-state index >= 15 is 0 Å². The van der Waals surface area contributed by atoms with E-state index in [1.54, 1.807) is 20.8 Å². The molecule has 3 atom stereocenters. The first-order valence-corrected chi connectivity index (χ1v) is 7.18. The number of nitrogens with zero attached hydrogens (tertiary/aromatic N) is 1. The summed E-state index contributed by atoms with van der Waals surface area (Å²) in [5.74, 6) is -1.86. The molecule has 0 bridgehead atoms. The van der Waals surface area contributed by atoms with Crippen LogP contribution in [0.4, 0.5) is 0 Å². The van der Waals surface area contributed by atoms with Gasteiger partial charge in [-0.1, -0.05) is 6.92 Å². The number of rotatable bonds is 4. The predicted octanol–water partition coefficient (Wildman–Crippen LogP) is 0.00220. The number of carbonyl (C=O) groups excluding carboxylic acids is 2. The van der Waals surface area contributed by atoms with Crippen molar-refractivity contribution in [3.8, 4) is 0 Å². The average molecular weight is 302 g/mol. The Morgan fingerprint density at radius 1 is 1.50 bits per heavy atom. The molecule has 0 unspecified atom stereocenters. The van der Waals surface area contributed by atoms with E-state index in [1.165, 1.54) is 23.8 Å². The number of amides is 2. The van der Waals surface area contributed by atoms with E-state index < -0.39 is 33.8 Å². The van der Waals surface area contributed by atoms with E-state index in [2.05, 4.69) is 5.32 Å². The quantitative estimate of drug-likeness (QED) is 0.561. The van der Waals surface area contributed by atoms with Crippen LogP contribution in [-0.2, 0) is 19.1 Å². The van der Waals surface area contributed by atoms with Crippen molar-refractivity contribution in [1.29, 1.82) is 0 Å². The fourth-order valence-corrected chi connectivity index (χ4v) is 4.35. The Morgan fingerprint density at radius 2 is 2.10 bits per heavy atom. The van der Waals surface area contributed by atoms with Gasteiger partial charge in [-0.05, 0) is 13.8 Å². The molecule has 2 aliphatic heterocycles. The molecule has 0 radical (unpaired) electrons. The first-order chi connectivity index (χ1) is 9.21. The van der Waals surface area contributed by atoms with Crippen LogP contribution < -0.4 is 5.32 Å². The van der Waals surface area contributed by atoms with Gasteiger partial charge < -0.3 is 20.1 Å². The molecule has 0 spiro atoms. The fraction of sp³-hybridized carbons (Fsp3) is 0.750. The molecule has 0 aromatic carbocycles. The highest BCUT2D eigenvalue weighted by atomic mass is 32.2. The van der Waals surface area contributed by atoms with E-state index in [0.717, 1.165) is 0 Å². The lowest BCUT2D eigenvalue weighted by molar-refractivity contribution is -0.201. The highest BCUT2D eigenvalue weighted by Crippen LogP contribution is 2.54. The molecule has 2 fully saturated rings. The Bertz CT molecular complexity index is 480. The molecule has 2 rings (SSSR count). The first kappa shape index (κ1) is 15.1. The van der Waals surface area contributed by atoms with Crippen molar-refractivity contribution in [3.63, 3.8) is 0 Å². The third-order valence-electron chi connectivity index (χ3n) is 3.71. The minimum Gasteiger partial charge on any atom is -0.480 e. The second kappa shape index (κ2) is 4.63. The summed E-state index contributed by atoms with van der Waals surface area (Å²) in [6.45, 7) is 5.21. The number of ether oxygens (including phenoxy) is 1. The van der Waals surface area contributed by atoms with Crippen LogP contribution in [0.15, 0.2) is 0 Å². The Kier molecular flexibility index (Phi) is 3.50. The lowest BCUT2D eigenvalue weighted by Gasteiger charge is -2.51. The van der Waals surface area contributed by atoms with Gasteiger partial charge in [-0.15, -0.1) is 11.8 Å². The Hall–Kier alpha value is -1.28. The van der Waals surface area contributed by atoms with Crippen LogP contribution in [0.3, 0.4) is 0 Å². The van der Waals surface area contributed by atoms with Crippen molar-refractivity contribution in [2.24, 2.45) is 0 Å². The molecular weight excluding hydrogens is 284 g/mol. The van der Waals surface area contributed by atoms with Crippen molar-refractivity contribution < 1.29 is 24.2 Å². The summed E-state index contributed by atoms with van der Waals surface area (Å²) in [4.78, 5) is 36.6. The summed E-state index contributed by atoms with van der Waals surface area (Å²) in [5, 5.41) is 11.4. The molecule has 2 aliphatic rings. The molecule has 112 valence electrons. The van der Waals surface area contributed by atoms with Crippen molar-refractivity contribution in [2.75, 3.05) is 7.11 Å². The van der Waals surface area contributed by atoms with E-state index in [1.807, 2.05) is 0 Å². The number of methoxy groups -OCH3 is 1. The Balaban J connectivity index is 2.33. The smallest absolute Gasteiger partial charge is 0.327 e. The maximum absolute atomic E-state index is 12.4. The zero-order valence-electron chi connectivity index (χ0n) is 11.8. The maximum atomic E-state index is 12.4. The maximum Gasteiger partial charge on any atom is 0.327 e. The number of carboxylic acids is 1. The number of carbonyl (C=O) groups is 3. The zero-order chi connectivity index (χ0) is 15.3. The van der Waals surface area contributed by atoms with Gasteiger partial charge in [0.15, 0.2) is 0 Å². The number of thioether (sulfide) groups is 1. The molecule has 2 saturated heterocycles. The van der Waals surface area contributed by atoms with Crippen LogP contribution in [0.25, 0.3) is 0 Å². The number of nitrogens with one attached hydrogen (secondary N) is 1. The summed E-state index contributed by atoms with van der Waals surface area (Å²) in [6.07, 6.45) is 0.224. The topological polar surface area (TPSA) is 95.9 Å². The SMILES string of the molecule is CCC(=O)N[C@]1(OC)C(=O)N2[C@@H](C(=O)O)C(C)(C)S[C@@H]21. The van der Waals surface area contributed by atoms with Crippen LogP contribution in [0.2, 0.25) is 0 Å². The highest BCUT2D eigenvalue weighted by Gasteiger charge is 2.73. The lowest BCUT2D eigenvalue weighted by Crippen LogP contribution is -2.80. The molecule has 2 heterocycles. The van der Waals surface area contributed by atoms with Gasteiger partial charge in [0.2, 0.25) is 5.91 Å². The van der Waals surface area contributed by atoms with Crippen LogP contribution >= 0.6 is 11.8 Å². The minimum atomic E-state index is -1.45. The van der Waals surface area contributed by atoms with E-state index in [4.69, 9.17) is 4.74 Å². The molecule has 0 aromatic heterocycles. The van der Waals surface area contributed by atoms with Crippen LogP contribution in [0.5, 0.6) is 0 Å². The van der Waals surface area contributed by atoms with Crippen molar-refractivity contribution in [2.45, 2.75) is 49.1 Å². The number of fused-ring (bicyclic) bond motifs is 1. The Labute approximate surface area is 121 Å². The van der Waals surface area contributed by atoms with E-state index in [9.17, 15) is 19.5 Å². The van der Waals surface area contributed by atoms with Gasteiger partial charge in [0.05, 0.1) is 0 Å². The molecule has 0 aliphatic carbocycles. The monoisotopic (exact) mass is 302 g/mol. The van der Waals surface area contributed by atoms with Crippen molar-refractivity contribution in [3.05, 3.63) is 0 Å². The fourth-order valence-electron chi connectivity index (χ4n) is 2.68. The number of β-lactam (4-membered cyclic amide) rings is 1. The molecule has 0 saturated carbocycles. The van der Waals surface area contributed by atoms with Gasteiger partial charge in [0.25, 0.3) is 11.6 Å². The third-order valence-corrected chi connectivity index (χ3v) is 5.32. The summed E-state index contributed by atoms with van der Waals surface area (Å²) < 4.78 is 4.61. The average Bonchev–Trinajstić information content (AvgIpc) is 2.65. The number of aliphatic carboxylic acids is 1. The van der Waals surface area contributed by atoms with Crippen LogP contribution in [-0.4, -0.2) is 56.8 Å². The van der Waals surface area contributed by atoms with E-state index in [0.29, 0.717) is 0 Å². The van der Waals surface area contributed by atoms with Crippen molar-refractivity contribution in [1.82, 2.24) is 10.2 Å². The molecule has 8 heteroatoms. The van der Waals surface area contributed by atoms with Crippen molar-refractivity contribution >= 4 is 29.5 Å². The predicted molar refractivity (Wildman–Crippen MR) is 71.9 cm³/mol. The normalized spacial score (nSPS) is 34.4. The van der Waals surface area contributed by atoms with Gasteiger partial charge in [0, 0.05) is 18.3 Å². The molecule has 2 amide bonds. The summed E-state index contributed by atoms with van der Waals surface area (Å²) in [5.41, 5.74) is -1.45.